The van der Waals surface area contributed by atoms with Gasteiger partial charge in [0.2, 0.25) is 11.8 Å². The van der Waals surface area contributed by atoms with E-state index in [0.717, 1.165) is 12.0 Å². The van der Waals surface area contributed by atoms with Gasteiger partial charge in [-0.15, -0.1) is 0 Å². The number of carbonyl (C=O) groups excluding carboxylic acids is 2. The molecule has 0 aliphatic carbocycles. The molecule has 0 spiro atoms. The van der Waals surface area contributed by atoms with E-state index in [4.69, 9.17) is 0 Å². The first-order valence-electron chi connectivity index (χ1n) is 8.17. The van der Waals surface area contributed by atoms with Crippen LogP contribution in [0.3, 0.4) is 0 Å². The molecule has 5 nitrogen and oxygen atoms in total. The number of benzene rings is 1. The molecular formula is C19H21N3O2. The van der Waals surface area contributed by atoms with Crippen LogP contribution in [0.15, 0.2) is 48.7 Å². The number of pyridine rings is 1. The van der Waals surface area contributed by atoms with Gasteiger partial charge in [-0.25, -0.2) is 4.98 Å². The van der Waals surface area contributed by atoms with Gasteiger partial charge in [0, 0.05) is 25.7 Å². The Morgan fingerprint density at radius 3 is 2.83 bits per heavy atom. The third-order valence-electron chi connectivity index (χ3n) is 4.27. The van der Waals surface area contributed by atoms with E-state index in [0.29, 0.717) is 18.9 Å². The fourth-order valence-corrected chi connectivity index (χ4v) is 2.91. The number of likely N-dealkylation sites (tertiary alicyclic amines) is 1. The van der Waals surface area contributed by atoms with E-state index in [9.17, 15) is 9.59 Å². The minimum absolute atomic E-state index is 0.0447. The van der Waals surface area contributed by atoms with Gasteiger partial charge in [-0.2, -0.15) is 0 Å². The van der Waals surface area contributed by atoms with Crippen LogP contribution in [0.1, 0.15) is 17.5 Å². The van der Waals surface area contributed by atoms with Gasteiger partial charge in [-0.05, 0) is 36.6 Å². The second-order valence-corrected chi connectivity index (χ2v) is 6.18. The number of hydrogen-bond donors (Lipinski definition) is 1. The van der Waals surface area contributed by atoms with Crippen LogP contribution in [0.5, 0.6) is 0 Å². The van der Waals surface area contributed by atoms with Crippen molar-refractivity contribution in [1.82, 2.24) is 9.88 Å². The molecule has 1 aliphatic rings. The maximum Gasteiger partial charge on any atom is 0.230 e. The van der Waals surface area contributed by atoms with Crippen LogP contribution in [0.2, 0.25) is 0 Å². The molecule has 0 saturated carbocycles. The minimum atomic E-state index is -0.310. The van der Waals surface area contributed by atoms with Crippen LogP contribution in [-0.4, -0.2) is 34.8 Å². The fraction of sp³-hybridized carbons (Fsp3) is 0.316. The van der Waals surface area contributed by atoms with E-state index in [1.807, 2.05) is 49.4 Å². The number of rotatable bonds is 5. The molecule has 2 heterocycles. The summed E-state index contributed by atoms with van der Waals surface area (Å²) in [4.78, 5) is 30.4. The van der Waals surface area contributed by atoms with Crippen LogP contribution >= 0.6 is 0 Å². The zero-order valence-electron chi connectivity index (χ0n) is 13.7. The summed E-state index contributed by atoms with van der Waals surface area (Å²) in [5, 5.41) is 2.81. The van der Waals surface area contributed by atoms with E-state index >= 15 is 0 Å². The van der Waals surface area contributed by atoms with Gasteiger partial charge >= 0.3 is 0 Å². The lowest BCUT2D eigenvalue weighted by molar-refractivity contribution is -0.128. The summed E-state index contributed by atoms with van der Waals surface area (Å²) in [5.74, 6) is 0.137. The smallest absolute Gasteiger partial charge is 0.230 e. The van der Waals surface area contributed by atoms with Crippen molar-refractivity contribution in [1.29, 1.82) is 0 Å². The molecule has 2 aromatic rings. The summed E-state index contributed by atoms with van der Waals surface area (Å²) in [6.07, 6.45) is 2.74. The first kappa shape index (κ1) is 16.2. The number of hydrogen-bond acceptors (Lipinski definition) is 3. The minimum Gasteiger partial charge on any atom is -0.342 e. The molecule has 1 fully saturated rings. The van der Waals surface area contributed by atoms with Crippen molar-refractivity contribution in [2.45, 2.75) is 19.8 Å². The number of carbonyl (C=O) groups is 2. The Bertz CT molecular complexity index is 730. The maximum absolute atomic E-state index is 12.4. The van der Waals surface area contributed by atoms with Crippen molar-refractivity contribution < 1.29 is 9.59 Å². The van der Waals surface area contributed by atoms with Gasteiger partial charge in [-0.3, -0.25) is 9.59 Å². The van der Waals surface area contributed by atoms with E-state index < -0.39 is 0 Å². The highest BCUT2D eigenvalue weighted by atomic mass is 16.2. The quantitative estimate of drug-likeness (QED) is 0.919. The lowest BCUT2D eigenvalue weighted by Crippen LogP contribution is -2.30. The average Bonchev–Trinajstić information content (AvgIpc) is 2.95. The summed E-state index contributed by atoms with van der Waals surface area (Å²) in [6, 6.07) is 13.8. The largest absolute Gasteiger partial charge is 0.342 e. The first-order chi connectivity index (χ1) is 11.6. The molecule has 1 unspecified atom stereocenters. The lowest BCUT2D eigenvalue weighted by atomic mass is 10.1. The molecule has 2 amide bonds. The molecular weight excluding hydrogens is 302 g/mol. The summed E-state index contributed by atoms with van der Waals surface area (Å²) < 4.78 is 0. The molecule has 1 aliphatic heterocycles. The molecule has 1 saturated heterocycles. The van der Waals surface area contributed by atoms with Crippen molar-refractivity contribution in [3.63, 3.8) is 0 Å². The van der Waals surface area contributed by atoms with Crippen molar-refractivity contribution in [2.24, 2.45) is 5.92 Å². The van der Waals surface area contributed by atoms with Crippen molar-refractivity contribution in [2.75, 3.05) is 18.4 Å². The SMILES string of the molecule is Cc1ccnc(NC(=O)C2CC(=O)N(CCc3ccccc3)C2)c1. The molecule has 0 radical (unpaired) electrons. The molecule has 1 atom stereocenters. The summed E-state index contributed by atoms with van der Waals surface area (Å²) in [5.41, 5.74) is 2.23. The molecule has 124 valence electrons. The molecule has 24 heavy (non-hydrogen) atoms. The van der Waals surface area contributed by atoms with Gasteiger partial charge in [0.15, 0.2) is 0 Å². The van der Waals surface area contributed by atoms with Crippen molar-refractivity contribution >= 4 is 17.6 Å². The highest BCUT2D eigenvalue weighted by Gasteiger charge is 2.34. The molecule has 1 N–H and O–H groups in total. The Hall–Kier alpha value is -2.69. The Kier molecular flexibility index (Phi) is 4.89. The fourth-order valence-electron chi connectivity index (χ4n) is 2.91. The van der Waals surface area contributed by atoms with E-state index in [1.165, 1.54) is 5.56 Å². The second kappa shape index (κ2) is 7.25. The maximum atomic E-state index is 12.4. The van der Waals surface area contributed by atoms with E-state index in [1.54, 1.807) is 11.1 Å². The van der Waals surface area contributed by atoms with Gasteiger partial charge < -0.3 is 10.2 Å². The number of nitrogens with one attached hydrogen (secondary N) is 1. The second-order valence-electron chi connectivity index (χ2n) is 6.18. The standard InChI is InChI=1S/C19H21N3O2/c1-14-7-9-20-17(11-14)21-19(24)16-12-18(23)22(13-16)10-8-15-5-3-2-4-6-15/h2-7,9,11,16H,8,10,12-13H2,1H3,(H,20,21,24). The highest BCUT2D eigenvalue weighted by molar-refractivity contribution is 5.96. The van der Waals surface area contributed by atoms with Crippen LogP contribution in [0, 0.1) is 12.8 Å². The molecule has 3 rings (SSSR count). The Labute approximate surface area is 141 Å². The van der Waals surface area contributed by atoms with E-state index in [-0.39, 0.29) is 24.2 Å². The van der Waals surface area contributed by atoms with Gasteiger partial charge in [0.05, 0.1) is 5.92 Å². The van der Waals surface area contributed by atoms with E-state index in [2.05, 4.69) is 10.3 Å². The molecule has 5 heteroatoms. The number of anilines is 1. The number of aromatic nitrogens is 1. The highest BCUT2D eigenvalue weighted by Crippen LogP contribution is 2.20. The zero-order chi connectivity index (χ0) is 16.9. The zero-order valence-corrected chi connectivity index (χ0v) is 13.7. The predicted octanol–water partition coefficient (Wildman–Crippen LogP) is 2.42. The topological polar surface area (TPSA) is 62.3 Å². The Morgan fingerprint density at radius 1 is 1.29 bits per heavy atom. The monoisotopic (exact) mass is 323 g/mol. The first-order valence-corrected chi connectivity index (χ1v) is 8.17. The van der Waals surface area contributed by atoms with Gasteiger partial charge in [0.25, 0.3) is 0 Å². The van der Waals surface area contributed by atoms with Crippen LogP contribution in [0.25, 0.3) is 0 Å². The van der Waals surface area contributed by atoms with Crippen LogP contribution < -0.4 is 5.32 Å². The summed E-state index contributed by atoms with van der Waals surface area (Å²) in [6.45, 7) is 3.07. The lowest BCUT2D eigenvalue weighted by Gasteiger charge is -2.16. The van der Waals surface area contributed by atoms with Gasteiger partial charge in [-0.1, -0.05) is 30.3 Å². The molecule has 1 aromatic heterocycles. The summed E-state index contributed by atoms with van der Waals surface area (Å²) in [7, 11) is 0. The van der Waals surface area contributed by atoms with Crippen LogP contribution in [-0.2, 0) is 16.0 Å². The number of amides is 2. The van der Waals surface area contributed by atoms with Crippen molar-refractivity contribution in [3.05, 3.63) is 59.8 Å². The van der Waals surface area contributed by atoms with Crippen LogP contribution in [0.4, 0.5) is 5.82 Å². The number of aryl methyl sites for hydroxylation is 1. The number of nitrogens with zero attached hydrogens (tertiary/aromatic N) is 2. The normalized spacial score (nSPS) is 17.1. The molecule has 0 bridgehead atoms. The summed E-state index contributed by atoms with van der Waals surface area (Å²) >= 11 is 0. The van der Waals surface area contributed by atoms with Crippen molar-refractivity contribution in [3.8, 4) is 0 Å². The molecule has 1 aromatic carbocycles. The Morgan fingerprint density at radius 2 is 2.08 bits per heavy atom. The Balaban J connectivity index is 1.55. The third kappa shape index (κ3) is 3.98. The average molecular weight is 323 g/mol. The van der Waals surface area contributed by atoms with Gasteiger partial charge in [0.1, 0.15) is 5.82 Å². The third-order valence-corrected chi connectivity index (χ3v) is 4.27. The predicted molar refractivity (Wildman–Crippen MR) is 92.4 cm³/mol.